The zero-order chi connectivity index (χ0) is 23.9. The molecule has 3 heterocycles. The number of amides is 4. The first-order valence-electron chi connectivity index (χ1n) is 11.0. The Bertz CT molecular complexity index is 1160. The molecule has 3 aliphatic rings. The van der Waals surface area contributed by atoms with Crippen LogP contribution in [0.25, 0.3) is 0 Å². The fourth-order valence-corrected chi connectivity index (χ4v) is 4.75. The molecule has 5 rings (SSSR count). The molecule has 176 valence electrons. The lowest BCUT2D eigenvalue weighted by Gasteiger charge is -2.36. The van der Waals surface area contributed by atoms with E-state index < -0.39 is 22.4 Å². The van der Waals surface area contributed by atoms with Gasteiger partial charge < -0.3 is 19.9 Å². The first-order chi connectivity index (χ1) is 16.4. The third kappa shape index (κ3) is 3.58. The number of benzene rings is 2. The van der Waals surface area contributed by atoms with Crippen LogP contribution in [0.1, 0.15) is 12.0 Å². The second kappa shape index (κ2) is 8.32. The number of carbonyl (C=O) groups is 3. The Balaban J connectivity index is 1.23. The van der Waals surface area contributed by atoms with Crippen LogP contribution in [0.15, 0.2) is 48.5 Å². The first-order valence-corrected chi connectivity index (χ1v) is 11.0. The van der Waals surface area contributed by atoms with Crippen LogP contribution >= 0.6 is 0 Å². The van der Waals surface area contributed by atoms with E-state index in [-0.39, 0.29) is 24.7 Å². The Morgan fingerprint density at radius 1 is 1.06 bits per heavy atom. The van der Waals surface area contributed by atoms with E-state index in [1.54, 1.807) is 41.3 Å². The van der Waals surface area contributed by atoms with Gasteiger partial charge in [-0.1, -0.05) is 18.2 Å². The molecule has 2 saturated heterocycles. The SMILES string of the molecule is O=C(CN1C(=O)NC2(CCOc3ccccc32)C1=O)N1CCN(c2ccc([N+](=O)[O-])cc2)CC1. The van der Waals surface area contributed by atoms with Crippen molar-refractivity contribution in [2.75, 3.05) is 44.2 Å². The smallest absolute Gasteiger partial charge is 0.325 e. The largest absolute Gasteiger partial charge is 0.493 e. The lowest BCUT2D eigenvalue weighted by Crippen LogP contribution is -2.52. The molecule has 34 heavy (non-hydrogen) atoms. The van der Waals surface area contributed by atoms with Gasteiger partial charge in [0, 0.05) is 56.0 Å². The van der Waals surface area contributed by atoms with Gasteiger partial charge in [-0.2, -0.15) is 0 Å². The summed E-state index contributed by atoms with van der Waals surface area (Å²) in [7, 11) is 0. The number of para-hydroxylation sites is 1. The summed E-state index contributed by atoms with van der Waals surface area (Å²) in [5, 5.41) is 13.6. The molecule has 0 radical (unpaired) electrons. The van der Waals surface area contributed by atoms with Crippen molar-refractivity contribution >= 4 is 29.2 Å². The van der Waals surface area contributed by atoms with Crippen molar-refractivity contribution in [2.24, 2.45) is 0 Å². The minimum Gasteiger partial charge on any atom is -0.493 e. The van der Waals surface area contributed by atoms with E-state index >= 15 is 0 Å². The van der Waals surface area contributed by atoms with Crippen LogP contribution in [0.5, 0.6) is 5.75 Å². The number of carbonyl (C=O) groups excluding carboxylic acids is 3. The van der Waals surface area contributed by atoms with Gasteiger partial charge in [-0.05, 0) is 18.2 Å². The molecule has 2 fully saturated rings. The van der Waals surface area contributed by atoms with Gasteiger partial charge in [0.25, 0.3) is 11.6 Å². The number of rotatable bonds is 4. The zero-order valence-corrected chi connectivity index (χ0v) is 18.3. The second-order valence-corrected chi connectivity index (χ2v) is 8.46. The molecule has 1 spiro atoms. The molecule has 2 aromatic carbocycles. The maximum absolute atomic E-state index is 13.3. The predicted octanol–water partition coefficient (Wildman–Crippen LogP) is 1.47. The van der Waals surface area contributed by atoms with Gasteiger partial charge in [0.1, 0.15) is 12.3 Å². The summed E-state index contributed by atoms with van der Waals surface area (Å²) in [6, 6.07) is 12.8. The lowest BCUT2D eigenvalue weighted by molar-refractivity contribution is -0.384. The summed E-state index contributed by atoms with van der Waals surface area (Å²) in [4.78, 5) is 54.1. The van der Waals surface area contributed by atoms with E-state index in [1.165, 1.54) is 12.1 Å². The number of anilines is 1. The molecular weight excluding hydrogens is 442 g/mol. The van der Waals surface area contributed by atoms with Crippen LogP contribution in [0.4, 0.5) is 16.2 Å². The molecule has 0 bridgehead atoms. The lowest BCUT2D eigenvalue weighted by atomic mass is 9.84. The third-order valence-electron chi connectivity index (χ3n) is 6.61. The average molecular weight is 465 g/mol. The average Bonchev–Trinajstić information content (AvgIpc) is 3.09. The van der Waals surface area contributed by atoms with E-state index in [9.17, 15) is 24.5 Å². The standard InChI is InChI=1S/C23H23N5O6/c29-20(26-12-10-25(11-13-26)16-5-7-17(8-6-16)28(32)33)15-27-21(30)23(24-22(27)31)9-14-34-19-4-2-1-3-18(19)23/h1-8H,9-15H2,(H,24,31). The van der Waals surface area contributed by atoms with Gasteiger partial charge >= 0.3 is 6.03 Å². The topological polar surface area (TPSA) is 125 Å². The molecule has 0 saturated carbocycles. The van der Waals surface area contributed by atoms with E-state index in [0.717, 1.165) is 10.6 Å². The first kappa shape index (κ1) is 21.7. The Hall–Kier alpha value is -4.15. The number of piperazine rings is 1. The van der Waals surface area contributed by atoms with Crippen LogP contribution in [0.2, 0.25) is 0 Å². The number of nitro benzene ring substituents is 1. The van der Waals surface area contributed by atoms with Crippen LogP contribution in [-0.4, -0.2) is 71.9 Å². The Morgan fingerprint density at radius 3 is 2.47 bits per heavy atom. The molecule has 0 aliphatic carbocycles. The minimum atomic E-state index is -1.21. The van der Waals surface area contributed by atoms with E-state index in [1.807, 2.05) is 4.90 Å². The summed E-state index contributed by atoms with van der Waals surface area (Å²) in [6.45, 7) is 1.88. The second-order valence-electron chi connectivity index (χ2n) is 8.46. The number of hydrogen-bond acceptors (Lipinski definition) is 7. The monoisotopic (exact) mass is 465 g/mol. The number of non-ortho nitro benzene ring substituents is 1. The van der Waals surface area contributed by atoms with E-state index in [2.05, 4.69) is 5.32 Å². The molecule has 3 aliphatic heterocycles. The summed E-state index contributed by atoms with van der Waals surface area (Å²) in [6.07, 6.45) is 0.299. The van der Waals surface area contributed by atoms with Gasteiger partial charge in [0.05, 0.1) is 11.5 Å². The highest BCUT2D eigenvalue weighted by atomic mass is 16.6. The van der Waals surface area contributed by atoms with E-state index in [0.29, 0.717) is 43.9 Å². The highest BCUT2D eigenvalue weighted by Gasteiger charge is 2.55. The molecule has 1 unspecified atom stereocenters. The zero-order valence-electron chi connectivity index (χ0n) is 18.3. The molecule has 0 aromatic heterocycles. The van der Waals surface area contributed by atoms with Crippen molar-refractivity contribution < 1.29 is 24.0 Å². The van der Waals surface area contributed by atoms with E-state index in [4.69, 9.17) is 4.74 Å². The van der Waals surface area contributed by atoms with Gasteiger partial charge in [-0.15, -0.1) is 0 Å². The highest BCUT2D eigenvalue weighted by molar-refractivity contribution is 6.09. The van der Waals surface area contributed by atoms with Crippen molar-refractivity contribution in [3.63, 3.8) is 0 Å². The molecule has 1 N–H and O–H groups in total. The van der Waals surface area contributed by atoms with Gasteiger partial charge in [0.2, 0.25) is 5.91 Å². The van der Waals surface area contributed by atoms with Crippen LogP contribution in [-0.2, 0) is 15.1 Å². The highest BCUT2D eigenvalue weighted by Crippen LogP contribution is 2.40. The summed E-state index contributed by atoms with van der Waals surface area (Å²) in [5.74, 6) is -0.187. The Kier molecular flexibility index (Phi) is 5.31. The summed E-state index contributed by atoms with van der Waals surface area (Å²) >= 11 is 0. The molecule has 2 aromatic rings. The molecule has 4 amide bonds. The number of imide groups is 1. The number of nitrogens with zero attached hydrogens (tertiary/aromatic N) is 4. The van der Waals surface area contributed by atoms with Crippen molar-refractivity contribution in [1.82, 2.24) is 15.1 Å². The molecule has 11 heteroatoms. The van der Waals surface area contributed by atoms with Crippen molar-refractivity contribution in [3.05, 3.63) is 64.2 Å². The van der Waals surface area contributed by atoms with Gasteiger partial charge in [0.15, 0.2) is 5.54 Å². The fraction of sp³-hybridized carbons (Fsp3) is 0.348. The Morgan fingerprint density at radius 2 is 1.76 bits per heavy atom. The van der Waals surface area contributed by atoms with Crippen molar-refractivity contribution in [3.8, 4) is 5.75 Å². The van der Waals surface area contributed by atoms with Crippen molar-refractivity contribution in [1.29, 1.82) is 0 Å². The Labute approximate surface area is 195 Å². The maximum atomic E-state index is 13.3. The fourth-order valence-electron chi connectivity index (χ4n) is 4.75. The number of ether oxygens (including phenoxy) is 1. The number of fused-ring (bicyclic) bond motifs is 2. The summed E-state index contributed by atoms with van der Waals surface area (Å²) < 4.78 is 5.63. The quantitative estimate of drug-likeness (QED) is 0.412. The number of nitro groups is 1. The normalized spacial score (nSPS) is 21.8. The third-order valence-corrected chi connectivity index (χ3v) is 6.61. The van der Waals surface area contributed by atoms with Crippen LogP contribution in [0, 0.1) is 10.1 Å². The number of nitrogens with one attached hydrogen (secondary N) is 1. The molecular formula is C23H23N5O6. The summed E-state index contributed by atoms with van der Waals surface area (Å²) in [5.41, 5.74) is 0.259. The van der Waals surface area contributed by atoms with Gasteiger partial charge in [-0.3, -0.25) is 24.6 Å². The van der Waals surface area contributed by atoms with Crippen LogP contribution < -0.4 is 15.0 Å². The number of urea groups is 1. The molecule has 11 nitrogen and oxygen atoms in total. The maximum Gasteiger partial charge on any atom is 0.325 e. The van der Waals surface area contributed by atoms with Crippen LogP contribution in [0.3, 0.4) is 0 Å². The van der Waals surface area contributed by atoms with Gasteiger partial charge in [-0.25, -0.2) is 4.79 Å². The minimum absolute atomic E-state index is 0.0241. The van der Waals surface area contributed by atoms with Crippen molar-refractivity contribution in [2.45, 2.75) is 12.0 Å². The predicted molar refractivity (Wildman–Crippen MR) is 120 cm³/mol. The number of hydrogen-bond donors (Lipinski definition) is 1. The molecule has 1 atom stereocenters.